The monoisotopic (exact) mass is 359 g/mol. The second-order valence-electron chi connectivity index (χ2n) is 4.66. The summed E-state index contributed by atoms with van der Waals surface area (Å²) in [6, 6.07) is 6.20. The molecule has 0 atom stereocenters. The van der Waals surface area contributed by atoms with Gasteiger partial charge in [-0.1, -0.05) is 28.1 Å². The Labute approximate surface area is 120 Å². The molecule has 1 N–H and O–H groups in total. The third-order valence-corrected chi connectivity index (χ3v) is 3.16. The third kappa shape index (κ3) is 3.47. The molecule has 0 aliphatic rings. The van der Waals surface area contributed by atoms with E-state index in [9.17, 15) is 26.7 Å². The van der Waals surface area contributed by atoms with Crippen molar-refractivity contribution in [1.29, 1.82) is 0 Å². The van der Waals surface area contributed by atoms with Crippen LogP contribution in [0.3, 0.4) is 0 Å². The first-order valence-corrected chi connectivity index (χ1v) is 6.20. The van der Waals surface area contributed by atoms with Crippen LogP contribution in [0, 0.1) is 0 Å². The van der Waals surface area contributed by atoms with Crippen molar-refractivity contribution in [2.24, 2.45) is 0 Å². The van der Waals surface area contributed by atoms with Crippen molar-refractivity contribution in [1.82, 2.24) is 5.32 Å². The number of alkyl halides is 5. The third-order valence-electron chi connectivity index (χ3n) is 2.63. The summed E-state index contributed by atoms with van der Waals surface area (Å²) in [5.74, 6) is -7.81. The maximum Gasteiger partial charge on any atom is 0.463 e. The zero-order valence-corrected chi connectivity index (χ0v) is 12.1. The van der Waals surface area contributed by atoms with Gasteiger partial charge in [-0.05, 0) is 31.5 Å². The fourth-order valence-electron chi connectivity index (χ4n) is 1.43. The van der Waals surface area contributed by atoms with E-state index < -0.39 is 23.5 Å². The number of carbonyl (C=O) groups excluding carboxylic acids is 1. The predicted molar refractivity (Wildman–Crippen MR) is 66.3 cm³/mol. The van der Waals surface area contributed by atoms with E-state index in [4.69, 9.17) is 0 Å². The van der Waals surface area contributed by atoms with Crippen LogP contribution in [-0.4, -0.2) is 18.0 Å². The summed E-state index contributed by atoms with van der Waals surface area (Å²) in [5, 5.41) is 1.71. The zero-order valence-electron chi connectivity index (χ0n) is 10.5. The Morgan fingerprint density at radius 3 is 1.90 bits per heavy atom. The topological polar surface area (TPSA) is 29.1 Å². The number of carbonyl (C=O) groups is 1. The highest BCUT2D eigenvalue weighted by molar-refractivity contribution is 9.10. The fraction of sp³-hybridized carbons (Fsp3) is 0.417. The number of halogens is 6. The highest BCUT2D eigenvalue weighted by Gasteiger charge is 2.63. The van der Waals surface area contributed by atoms with Gasteiger partial charge in [0.1, 0.15) is 0 Å². The second-order valence-corrected chi connectivity index (χ2v) is 5.57. The molecule has 0 heterocycles. The number of hydrogen-bond acceptors (Lipinski definition) is 1. The van der Waals surface area contributed by atoms with Crippen LogP contribution in [-0.2, 0) is 10.3 Å². The van der Waals surface area contributed by atoms with E-state index in [1.165, 1.54) is 26.0 Å². The van der Waals surface area contributed by atoms with Crippen LogP contribution < -0.4 is 5.32 Å². The number of benzene rings is 1. The Bertz CT molecular complexity index is 496. The highest BCUT2D eigenvalue weighted by Crippen LogP contribution is 2.36. The second kappa shape index (κ2) is 5.31. The van der Waals surface area contributed by atoms with Gasteiger partial charge in [0.05, 0.1) is 5.54 Å². The molecule has 112 valence electrons. The summed E-state index contributed by atoms with van der Waals surface area (Å²) >= 11 is 3.16. The molecular formula is C12H11BrF5NO. The van der Waals surface area contributed by atoms with Gasteiger partial charge in [-0.3, -0.25) is 4.79 Å². The van der Waals surface area contributed by atoms with Crippen LogP contribution in [0.25, 0.3) is 0 Å². The normalized spacial score (nSPS) is 13.2. The Balaban J connectivity index is 2.97. The molecule has 0 aromatic heterocycles. The van der Waals surface area contributed by atoms with E-state index in [-0.39, 0.29) is 0 Å². The van der Waals surface area contributed by atoms with Crippen LogP contribution in [0.1, 0.15) is 19.4 Å². The Hall–Kier alpha value is -1.18. The lowest BCUT2D eigenvalue weighted by Gasteiger charge is -2.29. The summed E-state index contributed by atoms with van der Waals surface area (Å²) in [4.78, 5) is 11.2. The van der Waals surface area contributed by atoms with Gasteiger partial charge in [-0.2, -0.15) is 22.0 Å². The molecule has 0 spiro atoms. The molecule has 8 heteroatoms. The predicted octanol–water partition coefficient (Wildman–Crippen LogP) is 4.00. The van der Waals surface area contributed by atoms with Gasteiger partial charge in [0.2, 0.25) is 0 Å². The minimum absolute atomic E-state index is 0.395. The van der Waals surface area contributed by atoms with Gasteiger partial charge in [0.15, 0.2) is 0 Å². The molecule has 0 fully saturated rings. The maximum absolute atomic E-state index is 12.9. The van der Waals surface area contributed by atoms with E-state index in [0.29, 0.717) is 10.0 Å². The van der Waals surface area contributed by atoms with Crippen molar-refractivity contribution in [3.63, 3.8) is 0 Å². The van der Waals surface area contributed by atoms with Gasteiger partial charge < -0.3 is 5.32 Å². The summed E-state index contributed by atoms with van der Waals surface area (Å²) in [7, 11) is 0. The molecule has 0 saturated heterocycles. The molecule has 0 radical (unpaired) electrons. The Kier molecular flexibility index (Phi) is 4.48. The lowest BCUT2D eigenvalue weighted by molar-refractivity contribution is -0.270. The minimum Gasteiger partial charge on any atom is -0.342 e. The summed E-state index contributed by atoms with van der Waals surface area (Å²) in [6.45, 7) is 2.67. The molecule has 0 saturated carbocycles. The molecule has 0 unspecified atom stereocenters. The minimum atomic E-state index is -5.92. The number of amides is 1. The molecule has 1 aromatic rings. The van der Waals surface area contributed by atoms with Crippen LogP contribution >= 0.6 is 15.9 Å². The van der Waals surface area contributed by atoms with E-state index in [2.05, 4.69) is 15.9 Å². The van der Waals surface area contributed by atoms with Gasteiger partial charge >= 0.3 is 18.0 Å². The van der Waals surface area contributed by atoms with Gasteiger partial charge in [-0.15, -0.1) is 0 Å². The lowest BCUT2D eigenvalue weighted by Crippen LogP contribution is -2.55. The van der Waals surface area contributed by atoms with E-state index >= 15 is 0 Å². The molecule has 1 rings (SSSR count). The Morgan fingerprint density at radius 2 is 1.50 bits per heavy atom. The standard InChI is InChI=1S/C12H11BrF5NO/c1-10(2,7-3-5-8(13)6-4-7)19-9(20)11(14,15)12(16,17)18/h3-6H,1-2H3,(H,19,20). The number of hydrogen-bond donors (Lipinski definition) is 1. The first-order chi connectivity index (χ1) is 8.88. The first kappa shape index (κ1) is 16.9. The van der Waals surface area contributed by atoms with E-state index in [1.54, 1.807) is 17.4 Å². The van der Waals surface area contributed by atoms with Gasteiger partial charge in [0, 0.05) is 4.47 Å². The number of rotatable bonds is 3. The smallest absolute Gasteiger partial charge is 0.342 e. The maximum atomic E-state index is 12.9. The summed E-state index contributed by atoms with van der Waals surface area (Å²) in [5.41, 5.74) is -0.973. The van der Waals surface area contributed by atoms with Crippen LogP contribution in [0.2, 0.25) is 0 Å². The van der Waals surface area contributed by atoms with Crippen LogP contribution in [0.4, 0.5) is 22.0 Å². The fourth-order valence-corrected chi connectivity index (χ4v) is 1.69. The van der Waals surface area contributed by atoms with E-state index in [1.807, 2.05) is 0 Å². The largest absolute Gasteiger partial charge is 0.463 e. The van der Waals surface area contributed by atoms with Crippen molar-refractivity contribution in [2.45, 2.75) is 31.5 Å². The summed E-state index contributed by atoms with van der Waals surface area (Å²) in [6.07, 6.45) is -5.92. The first-order valence-electron chi connectivity index (χ1n) is 5.41. The van der Waals surface area contributed by atoms with Crippen LogP contribution in [0.5, 0.6) is 0 Å². The molecular weight excluding hydrogens is 349 g/mol. The molecule has 0 aliphatic heterocycles. The van der Waals surface area contributed by atoms with Crippen molar-refractivity contribution in [2.75, 3.05) is 0 Å². The van der Waals surface area contributed by atoms with E-state index in [0.717, 1.165) is 0 Å². The SMILES string of the molecule is CC(C)(NC(=O)C(F)(F)C(F)(F)F)c1ccc(Br)cc1. The average Bonchev–Trinajstić information content (AvgIpc) is 2.27. The van der Waals surface area contributed by atoms with Crippen LogP contribution in [0.15, 0.2) is 28.7 Å². The van der Waals surface area contributed by atoms with Crippen molar-refractivity contribution >= 4 is 21.8 Å². The summed E-state index contributed by atoms with van der Waals surface area (Å²) < 4.78 is 62.8. The van der Waals surface area contributed by atoms with Gasteiger partial charge in [-0.25, -0.2) is 0 Å². The molecule has 20 heavy (non-hydrogen) atoms. The van der Waals surface area contributed by atoms with Gasteiger partial charge in [0.25, 0.3) is 0 Å². The molecule has 0 bridgehead atoms. The van der Waals surface area contributed by atoms with Crippen molar-refractivity contribution < 1.29 is 26.7 Å². The quantitative estimate of drug-likeness (QED) is 0.812. The lowest BCUT2D eigenvalue weighted by atomic mass is 9.94. The zero-order chi connectivity index (χ0) is 15.8. The van der Waals surface area contributed by atoms with Crippen molar-refractivity contribution in [3.8, 4) is 0 Å². The highest BCUT2D eigenvalue weighted by atomic mass is 79.9. The van der Waals surface area contributed by atoms with Crippen molar-refractivity contribution in [3.05, 3.63) is 34.3 Å². The molecule has 2 nitrogen and oxygen atoms in total. The number of nitrogens with one attached hydrogen (secondary N) is 1. The molecule has 1 amide bonds. The molecule has 1 aromatic carbocycles. The average molecular weight is 360 g/mol. The Morgan fingerprint density at radius 1 is 1.05 bits per heavy atom. The molecule has 0 aliphatic carbocycles.